The Bertz CT molecular complexity index is 647. The van der Waals surface area contributed by atoms with Crippen LogP contribution >= 0.6 is 0 Å². The van der Waals surface area contributed by atoms with Gasteiger partial charge in [0.1, 0.15) is 5.82 Å². The van der Waals surface area contributed by atoms with Crippen LogP contribution in [0.1, 0.15) is 17.8 Å². The molecule has 3 aromatic rings. The average Bonchev–Trinajstić information content (AvgIpc) is 2.98. The number of nitrogens with zero attached hydrogens (tertiary/aromatic N) is 3. The van der Waals surface area contributed by atoms with Crippen LogP contribution in [0.3, 0.4) is 0 Å². The summed E-state index contributed by atoms with van der Waals surface area (Å²) in [5, 5.41) is 7.24. The molecule has 0 aliphatic rings. The predicted octanol–water partition coefficient (Wildman–Crippen LogP) is 3.04. The molecule has 1 aromatic carbocycles. The van der Waals surface area contributed by atoms with E-state index >= 15 is 0 Å². The first-order chi connectivity index (χ1) is 9.92. The highest BCUT2D eigenvalue weighted by atomic mass is 15.2. The topological polar surface area (TPSA) is 54.5 Å². The lowest BCUT2D eigenvalue weighted by Crippen LogP contribution is -1.92. The first-order valence-corrected chi connectivity index (χ1v) is 6.77. The molecule has 0 atom stereocenters. The third-order valence-corrected chi connectivity index (χ3v) is 3.17. The fourth-order valence-corrected chi connectivity index (χ4v) is 2.14. The maximum atomic E-state index is 4.51. The summed E-state index contributed by atoms with van der Waals surface area (Å²) in [6.45, 7) is 0. The van der Waals surface area contributed by atoms with Crippen molar-refractivity contribution >= 4 is 0 Å². The number of benzene rings is 1. The summed E-state index contributed by atoms with van der Waals surface area (Å²) >= 11 is 0. The molecule has 0 aliphatic carbocycles. The quantitative estimate of drug-likeness (QED) is 0.770. The number of aromatic amines is 1. The first kappa shape index (κ1) is 12.5. The van der Waals surface area contributed by atoms with Gasteiger partial charge in [0.05, 0.1) is 0 Å². The third-order valence-electron chi connectivity index (χ3n) is 3.17. The molecule has 0 radical (unpaired) electrons. The van der Waals surface area contributed by atoms with Crippen LogP contribution in [0.25, 0.3) is 11.4 Å². The molecule has 0 fully saturated rings. The number of hydrogen-bond donors (Lipinski definition) is 1. The largest absolute Gasteiger partial charge is 0.264 e. The number of rotatable bonds is 5. The van der Waals surface area contributed by atoms with Crippen molar-refractivity contribution in [1.29, 1.82) is 0 Å². The van der Waals surface area contributed by atoms with Gasteiger partial charge < -0.3 is 0 Å². The van der Waals surface area contributed by atoms with E-state index in [2.05, 4.69) is 44.4 Å². The highest BCUT2D eigenvalue weighted by molar-refractivity contribution is 5.52. The predicted molar refractivity (Wildman–Crippen MR) is 78.1 cm³/mol. The molecule has 4 nitrogen and oxygen atoms in total. The Balaban J connectivity index is 1.58. The summed E-state index contributed by atoms with van der Waals surface area (Å²) in [6.07, 6.45) is 6.55. The van der Waals surface area contributed by atoms with E-state index in [1.807, 2.05) is 18.2 Å². The fraction of sp³-hybridized carbons (Fsp3) is 0.188. The zero-order chi connectivity index (χ0) is 13.6. The maximum Gasteiger partial charge on any atom is 0.182 e. The van der Waals surface area contributed by atoms with Gasteiger partial charge in [0.25, 0.3) is 0 Å². The van der Waals surface area contributed by atoms with Crippen molar-refractivity contribution in [3.05, 3.63) is 66.2 Å². The Labute approximate surface area is 117 Å². The van der Waals surface area contributed by atoms with Gasteiger partial charge in [-0.25, -0.2) is 4.98 Å². The number of aryl methyl sites for hydroxylation is 2. The van der Waals surface area contributed by atoms with Crippen molar-refractivity contribution < 1.29 is 0 Å². The highest BCUT2D eigenvalue weighted by Gasteiger charge is 2.05. The van der Waals surface area contributed by atoms with Crippen LogP contribution in [0, 0.1) is 0 Å². The minimum Gasteiger partial charge on any atom is -0.264 e. The SMILES string of the molecule is c1ccc(CCCc2nc(-c3cccnc3)n[nH]2)cc1. The lowest BCUT2D eigenvalue weighted by Gasteiger charge is -1.98. The molecule has 0 unspecified atom stereocenters. The van der Waals surface area contributed by atoms with Gasteiger partial charge >= 0.3 is 0 Å². The molecule has 0 aliphatic heterocycles. The van der Waals surface area contributed by atoms with Crippen molar-refractivity contribution in [2.24, 2.45) is 0 Å². The zero-order valence-electron chi connectivity index (χ0n) is 11.2. The van der Waals surface area contributed by atoms with E-state index < -0.39 is 0 Å². The summed E-state index contributed by atoms with van der Waals surface area (Å²) in [6, 6.07) is 14.3. The minimum absolute atomic E-state index is 0.716. The summed E-state index contributed by atoms with van der Waals surface area (Å²) in [4.78, 5) is 8.58. The molecule has 0 bridgehead atoms. The van der Waals surface area contributed by atoms with E-state index in [1.165, 1.54) is 5.56 Å². The summed E-state index contributed by atoms with van der Waals surface area (Å²) < 4.78 is 0. The Morgan fingerprint density at radius 2 is 1.85 bits per heavy atom. The van der Waals surface area contributed by atoms with E-state index in [9.17, 15) is 0 Å². The van der Waals surface area contributed by atoms with E-state index in [1.54, 1.807) is 12.4 Å². The van der Waals surface area contributed by atoms with Crippen molar-refractivity contribution in [2.45, 2.75) is 19.3 Å². The van der Waals surface area contributed by atoms with E-state index in [0.29, 0.717) is 5.82 Å². The lowest BCUT2D eigenvalue weighted by molar-refractivity contribution is 0.775. The minimum atomic E-state index is 0.716. The van der Waals surface area contributed by atoms with Crippen LogP contribution in [0.15, 0.2) is 54.9 Å². The second-order valence-corrected chi connectivity index (χ2v) is 4.69. The summed E-state index contributed by atoms with van der Waals surface area (Å²) in [7, 11) is 0. The highest BCUT2D eigenvalue weighted by Crippen LogP contribution is 2.13. The molecular weight excluding hydrogens is 248 g/mol. The Kier molecular flexibility index (Phi) is 3.83. The average molecular weight is 264 g/mol. The van der Waals surface area contributed by atoms with Crippen LogP contribution in [0.5, 0.6) is 0 Å². The Morgan fingerprint density at radius 1 is 0.950 bits per heavy atom. The van der Waals surface area contributed by atoms with Crippen LogP contribution in [-0.4, -0.2) is 20.2 Å². The summed E-state index contributed by atoms with van der Waals surface area (Å²) in [5.41, 5.74) is 2.30. The number of H-pyrrole nitrogens is 1. The second kappa shape index (κ2) is 6.10. The zero-order valence-corrected chi connectivity index (χ0v) is 11.2. The molecule has 100 valence electrons. The Morgan fingerprint density at radius 3 is 2.65 bits per heavy atom. The maximum absolute atomic E-state index is 4.51. The normalized spacial score (nSPS) is 10.6. The fourth-order valence-electron chi connectivity index (χ4n) is 2.14. The van der Waals surface area contributed by atoms with Gasteiger partial charge in [0.2, 0.25) is 0 Å². The number of aromatic nitrogens is 4. The molecule has 0 amide bonds. The van der Waals surface area contributed by atoms with E-state index in [-0.39, 0.29) is 0 Å². The molecule has 2 aromatic heterocycles. The lowest BCUT2D eigenvalue weighted by atomic mass is 10.1. The molecule has 0 saturated heterocycles. The van der Waals surface area contributed by atoms with Crippen molar-refractivity contribution in [3.63, 3.8) is 0 Å². The van der Waals surface area contributed by atoms with Crippen LogP contribution in [-0.2, 0) is 12.8 Å². The molecule has 0 saturated carbocycles. The van der Waals surface area contributed by atoms with Crippen molar-refractivity contribution in [1.82, 2.24) is 20.2 Å². The van der Waals surface area contributed by atoms with Gasteiger partial charge in [-0.3, -0.25) is 10.1 Å². The second-order valence-electron chi connectivity index (χ2n) is 4.69. The van der Waals surface area contributed by atoms with Gasteiger partial charge in [0, 0.05) is 24.4 Å². The van der Waals surface area contributed by atoms with E-state index in [4.69, 9.17) is 0 Å². The molecular formula is C16H16N4. The first-order valence-electron chi connectivity index (χ1n) is 6.77. The number of hydrogen-bond acceptors (Lipinski definition) is 3. The van der Waals surface area contributed by atoms with E-state index in [0.717, 1.165) is 30.7 Å². The van der Waals surface area contributed by atoms with Crippen LogP contribution in [0.4, 0.5) is 0 Å². The third kappa shape index (κ3) is 3.09. The van der Waals surface area contributed by atoms with Gasteiger partial charge in [-0.1, -0.05) is 30.3 Å². The van der Waals surface area contributed by atoms with Gasteiger partial charge in [-0.05, 0) is 30.5 Å². The molecule has 4 heteroatoms. The van der Waals surface area contributed by atoms with Crippen molar-refractivity contribution in [3.8, 4) is 11.4 Å². The van der Waals surface area contributed by atoms with Crippen LogP contribution in [0.2, 0.25) is 0 Å². The van der Waals surface area contributed by atoms with Gasteiger partial charge in [-0.2, -0.15) is 5.10 Å². The molecule has 0 spiro atoms. The van der Waals surface area contributed by atoms with Gasteiger partial charge in [0.15, 0.2) is 5.82 Å². The molecule has 20 heavy (non-hydrogen) atoms. The van der Waals surface area contributed by atoms with Crippen LogP contribution < -0.4 is 0 Å². The summed E-state index contributed by atoms with van der Waals surface area (Å²) in [5.74, 6) is 1.65. The number of pyridine rings is 1. The smallest absolute Gasteiger partial charge is 0.182 e. The van der Waals surface area contributed by atoms with Crippen molar-refractivity contribution in [2.75, 3.05) is 0 Å². The van der Waals surface area contributed by atoms with Gasteiger partial charge in [-0.15, -0.1) is 0 Å². The molecule has 2 heterocycles. The molecule has 3 rings (SSSR count). The molecule has 1 N–H and O–H groups in total. The Hall–Kier alpha value is -2.49. The monoisotopic (exact) mass is 264 g/mol. The number of nitrogens with one attached hydrogen (secondary N) is 1. The standard InChI is InChI=1S/C16H16N4/c1-2-6-13(7-3-1)8-4-10-15-18-16(20-19-15)14-9-5-11-17-12-14/h1-3,5-7,9,11-12H,4,8,10H2,(H,18,19,20).